The highest BCUT2D eigenvalue weighted by atomic mass is 32.2. The van der Waals surface area contributed by atoms with Crippen molar-refractivity contribution in [3.63, 3.8) is 0 Å². The van der Waals surface area contributed by atoms with Gasteiger partial charge < -0.3 is 15.3 Å². The number of rotatable bonds is 7. The summed E-state index contributed by atoms with van der Waals surface area (Å²) in [4.78, 5) is 49.7. The first-order valence-electron chi connectivity index (χ1n) is 9.81. The van der Waals surface area contributed by atoms with E-state index in [0.717, 1.165) is 37.4 Å². The maximum Gasteiger partial charge on any atom is 0.326 e. The van der Waals surface area contributed by atoms with Gasteiger partial charge in [-0.1, -0.05) is 37.9 Å². The highest BCUT2D eigenvalue weighted by molar-refractivity contribution is 8.13. The Morgan fingerprint density at radius 2 is 1.74 bits per heavy atom. The summed E-state index contributed by atoms with van der Waals surface area (Å²) in [6.45, 7) is 3.83. The number of nitrogens with one attached hydrogen (secondary N) is 1. The molecule has 152 valence electrons. The second-order valence-corrected chi connectivity index (χ2v) is 8.65. The summed E-state index contributed by atoms with van der Waals surface area (Å²) in [6.07, 6.45) is 6.21. The molecule has 1 aliphatic carbocycles. The molecule has 0 unspecified atom stereocenters. The van der Waals surface area contributed by atoms with Crippen molar-refractivity contribution in [2.75, 3.05) is 12.3 Å². The number of nitrogens with zero attached hydrogens (tertiary/aromatic N) is 1. The average Bonchev–Trinajstić information content (AvgIpc) is 3.15. The Bertz CT molecular complexity index is 576. The van der Waals surface area contributed by atoms with Crippen LogP contribution >= 0.6 is 11.8 Å². The highest BCUT2D eigenvalue weighted by Gasteiger charge is 2.36. The van der Waals surface area contributed by atoms with Crippen molar-refractivity contribution < 1.29 is 24.3 Å². The summed E-state index contributed by atoms with van der Waals surface area (Å²) in [5.74, 6) is -1.41. The Morgan fingerprint density at radius 1 is 1.07 bits per heavy atom. The van der Waals surface area contributed by atoms with Crippen LogP contribution in [0.25, 0.3) is 0 Å². The normalized spacial score (nSPS) is 22.9. The van der Waals surface area contributed by atoms with Crippen LogP contribution in [0.1, 0.15) is 58.8 Å². The van der Waals surface area contributed by atoms with Crippen LogP contribution in [-0.4, -0.2) is 57.3 Å². The van der Waals surface area contributed by atoms with E-state index in [1.807, 2.05) is 0 Å². The van der Waals surface area contributed by atoms with E-state index in [0.29, 0.717) is 19.4 Å². The maximum absolute atomic E-state index is 12.5. The Labute approximate surface area is 164 Å². The molecule has 0 aromatic carbocycles. The third-order valence-electron chi connectivity index (χ3n) is 5.41. The molecule has 1 saturated heterocycles. The smallest absolute Gasteiger partial charge is 0.326 e. The first kappa shape index (κ1) is 21.7. The fourth-order valence-corrected chi connectivity index (χ4v) is 4.59. The molecule has 27 heavy (non-hydrogen) atoms. The van der Waals surface area contributed by atoms with Crippen LogP contribution in [0.15, 0.2) is 0 Å². The molecular formula is C19H30N2O5S. The van der Waals surface area contributed by atoms with Gasteiger partial charge in [-0.05, 0) is 32.6 Å². The van der Waals surface area contributed by atoms with Gasteiger partial charge in [0.15, 0.2) is 0 Å². The van der Waals surface area contributed by atoms with E-state index in [1.54, 1.807) is 13.8 Å². The molecule has 0 radical (unpaired) electrons. The van der Waals surface area contributed by atoms with E-state index in [4.69, 9.17) is 0 Å². The van der Waals surface area contributed by atoms with Crippen molar-refractivity contribution in [2.24, 2.45) is 11.8 Å². The lowest BCUT2D eigenvalue weighted by Crippen LogP contribution is -2.44. The van der Waals surface area contributed by atoms with Crippen molar-refractivity contribution in [3.8, 4) is 0 Å². The Balaban J connectivity index is 1.77. The molecule has 1 saturated carbocycles. The molecule has 0 spiro atoms. The lowest BCUT2D eigenvalue weighted by molar-refractivity contribution is -0.149. The van der Waals surface area contributed by atoms with E-state index < -0.39 is 24.0 Å². The van der Waals surface area contributed by atoms with Crippen LogP contribution in [0.5, 0.6) is 0 Å². The number of carboxylic acids is 1. The molecule has 2 N–H and O–H groups in total. The van der Waals surface area contributed by atoms with Gasteiger partial charge in [-0.2, -0.15) is 0 Å². The van der Waals surface area contributed by atoms with E-state index >= 15 is 0 Å². The molecule has 1 aliphatic heterocycles. The Kier molecular flexibility index (Phi) is 8.13. The quantitative estimate of drug-likeness (QED) is 0.680. The SMILES string of the molecule is C[C@H](CSC(=O)[C@@H](C)NC(=O)C1CCCCC1)C(=O)N1CCC[C@H]1C(=O)O. The van der Waals surface area contributed by atoms with Gasteiger partial charge in [0, 0.05) is 24.1 Å². The second-order valence-electron chi connectivity index (χ2n) is 7.62. The van der Waals surface area contributed by atoms with Crippen molar-refractivity contribution in [3.05, 3.63) is 0 Å². The van der Waals surface area contributed by atoms with Crippen molar-refractivity contribution in [1.82, 2.24) is 10.2 Å². The summed E-state index contributed by atoms with van der Waals surface area (Å²) in [5.41, 5.74) is 0. The first-order valence-corrected chi connectivity index (χ1v) is 10.8. The number of carbonyl (C=O) groups excluding carboxylic acids is 3. The van der Waals surface area contributed by atoms with Gasteiger partial charge >= 0.3 is 5.97 Å². The average molecular weight is 399 g/mol. The van der Waals surface area contributed by atoms with Crippen molar-refractivity contribution >= 4 is 34.7 Å². The predicted octanol–water partition coefficient (Wildman–Crippen LogP) is 2.04. The summed E-state index contributed by atoms with van der Waals surface area (Å²) in [5, 5.41) is 11.8. The number of carboxylic acid groups (broad SMARTS) is 1. The molecule has 3 atom stereocenters. The molecule has 0 bridgehead atoms. The first-order chi connectivity index (χ1) is 12.8. The lowest BCUT2D eigenvalue weighted by atomic mass is 9.88. The van der Waals surface area contributed by atoms with E-state index in [1.165, 1.54) is 11.3 Å². The fourth-order valence-electron chi connectivity index (χ4n) is 3.73. The zero-order valence-electron chi connectivity index (χ0n) is 16.1. The largest absolute Gasteiger partial charge is 0.480 e. The van der Waals surface area contributed by atoms with Gasteiger partial charge in [0.2, 0.25) is 16.9 Å². The monoisotopic (exact) mass is 398 g/mol. The van der Waals surface area contributed by atoms with Gasteiger partial charge in [-0.3, -0.25) is 14.4 Å². The summed E-state index contributed by atoms with van der Waals surface area (Å²) in [7, 11) is 0. The van der Waals surface area contributed by atoms with Gasteiger partial charge in [-0.15, -0.1) is 0 Å². The van der Waals surface area contributed by atoms with Crippen molar-refractivity contribution in [1.29, 1.82) is 0 Å². The predicted molar refractivity (Wildman–Crippen MR) is 103 cm³/mol. The zero-order valence-corrected chi connectivity index (χ0v) is 16.9. The standard InChI is InChI=1S/C19H30N2O5S/c1-12(17(23)21-10-6-9-15(21)18(24)25)11-27-19(26)13(2)20-16(22)14-7-4-3-5-8-14/h12-15H,3-11H2,1-2H3,(H,20,22)(H,24,25)/t12-,13-,15+/m1/s1. The van der Waals surface area contributed by atoms with Gasteiger partial charge in [-0.25, -0.2) is 4.79 Å². The summed E-state index contributed by atoms with van der Waals surface area (Å²) < 4.78 is 0. The van der Waals surface area contributed by atoms with Crippen LogP contribution in [0.2, 0.25) is 0 Å². The molecular weight excluding hydrogens is 368 g/mol. The number of carbonyl (C=O) groups is 4. The molecule has 7 nitrogen and oxygen atoms in total. The minimum atomic E-state index is -0.976. The van der Waals surface area contributed by atoms with E-state index in [-0.39, 0.29) is 28.6 Å². The Morgan fingerprint density at radius 3 is 2.37 bits per heavy atom. The topological polar surface area (TPSA) is 104 Å². The molecule has 2 rings (SSSR count). The minimum absolute atomic E-state index is 0.00243. The second kappa shape index (κ2) is 10.1. The number of amides is 2. The van der Waals surface area contributed by atoms with Crippen LogP contribution < -0.4 is 5.32 Å². The number of aliphatic carboxylic acids is 1. The molecule has 0 aromatic rings. The molecule has 2 amide bonds. The summed E-state index contributed by atoms with van der Waals surface area (Å²) in [6, 6.07) is -1.35. The minimum Gasteiger partial charge on any atom is -0.480 e. The van der Waals surface area contributed by atoms with Crippen LogP contribution in [0.3, 0.4) is 0 Å². The van der Waals surface area contributed by atoms with Crippen LogP contribution in [-0.2, 0) is 19.2 Å². The van der Waals surface area contributed by atoms with Crippen LogP contribution in [0, 0.1) is 11.8 Å². The Hall–Kier alpha value is -1.57. The third-order valence-corrected chi connectivity index (χ3v) is 6.71. The zero-order chi connectivity index (χ0) is 20.0. The van der Waals surface area contributed by atoms with Crippen molar-refractivity contribution in [2.45, 2.75) is 70.9 Å². The molecule has 8 heteroatoms. The molecule has 1 heterocycles. The maximum atomic E-state index is 12.5. The molecule has 2 fully saturated rings. The number of hydrogen-bond acceptors (Lipinski definition) is 5. The molecule has 0 aromatic heterocycles. The van der Waals surface area contributed by atoms with Gasteiger partial charge in [0.1, 0.15) is 6.04 Å². The highest BCUT2D eigenvalue weighted by Crippen LogP contribution is 2.24. The van der Waals surface area contributed by atoms with Gasteiger partial charge in [0.05, 0.1) is 6.04 Å². The van der Waals surface area contributed by atoms with Crippen LogP contribution in [0.4, 0.5) is 0 Å². The number of likely N-dealkylation sites (tertiary alicyclic amines) is 1. The van der Waals surface area contributed by atoms with E-state index in [9.17, 15) is 24.3 Å². The number of thioether (sulfide) groups is 1. The lowest BCUT2D eigenvalue weighted by Gasteiger charge is -2.25. The third kappa shape index (κ3) is 5.96. The van der Waals surface area contributed by atoms with E-state index in [2.05, 4.69) is 5.32 Å². The molecule has 2 aliphatic rings. The summed E-state index contributed by atoms with van der Waals surface area (Å²) >= 11 is 1.03. The fraction of sp³-hybridized carbons (Fsp3) is 0.789. The number of hydrogen-bond donors (Lipinski definition) is 2. The van der Waals surface area contributed by atoms with Gasteiger partial charge in [0.25, 0.3) is 0 Å².